The van der Waals surface area contributed by atoms with E-state index in [4.69, 9.17) is 4.74 Å². The van der Waals surface area contributed by atoms with Gasteiger partial charge in [-0.25, -0.2) is 17.6 Å². The van der Waals surface area contributed by atoms with Gasteiger partial charge < -0.3 is 19.7 Å². The van der Waals surface area contributed by atoms with E-state index in [9.17, 15) is 35.6 Å². The Balaban J connectivity index is 2.02. The van der Waals surface area contributed by atoms with Gasteiger partial charge in [0.15, 0.2) is 9.84 Å². The third-order valence-electron chi connectivity index (χ3n) is 4.77. The quantitative estimate of drug-likeness (QED) is 0.513. The summed E-state index contributed by atoms with van der Waals surface area (Å²) in [7, 11) is -4.28. The molecule has 1 N–H and O–H groups in total. The number of alkyl halides is 3. The average Bonchev–Trinajstić information content (AvgIpc) is 2.77. The third kappa shape index (κ3) is 6.87. The van der Waals surface area contributed by atoms with E-state index in [1.165, 1.54) is 12.1 Å². The number of halogens is 5. The van der Waals surface area contributed by atoms with Gasteiger partial charge in [0, 0.05) is 0 Å². The fourth-order valence-electron chi connectivity index (χ4n) is 3.36. The summed E-state index contributed by atoms with van der Waals surface area (Å²) in [5.74, 6) is -3.10. The van der Waals surface area contributed by atoms with Crippen molar-refractivity contribution in [3.05, 3.63) is 52.3 Å². The highest BCUT2D eigenvalue weighted by Crippen LogP contribution is 2.36. The zero-order valence-corrected chi connectivity index (χ0v) is 21.6. The summed E-state index contributed by atoms with van der Waals surface area (Å²) in [6.07, 6.45) is -5.94. The minimum absolute atomic E-state index is 0.123. The van der Waals surface area contributed by atoms with Gasteiger partial charge in [-0.05, 0) is 66.5 Å². The highest BCUT2D eigenvalue weighted by Gasteiger charge is 2.40. The van der Waals surface area contributed by atoms with Crippen LogP contribution in [0.1, 0.15) is 26.3 Å². The molecule has 8 nitrogen and oxygen atoms in total. The molecule has 0 unspecified atom stereocenters. The van der Waals surface area contributed by atoms with E-state index < -0.39 is 62.1 Å². The molecule has 0 aliphatic carbocycles. The molecule has 0 radical (unpaired) electrons. The van der Waals surface area contributed by atoms with E-state index in [1.807, 2.05) is 0 Å². The molecule has 1 heterocycles. The number of alkyl carbamates (subject to hydrolysis) is 1. The lowest BCUT2D eigenvalue weighted by atomic mass is 10.1. The number of nitrogens with zero attached hydrogens (tertiary/aromatic N) is 1. The Morgan fingerprint density at radius 3 is 2.33 bits per heavy atom. The zero-order chi connectivity index (χ0) is 27.1. The molecule has 1 aliphatic heterocycles. The predicted octanol–water partition coefficient (Wildman–Crippen LogP) is 4.70. The number of anilines is 1. The maximum absolute atomic E-state index is 14.3. The molecule has 0 aromatic heterocycles. The normalized spacial score (nSPS) is 17.7. The van der Waals surface area contributed by atoms with Gasteiger partial charge >= 0.3 is 12.5 Å². The molecule has 0 spiro atoms. The van der Waals surface area contributed by atoms with Crippen LogP contribution in [0.2, 0.25) is 0 Å². The molecule has 2 aromatic carbocycles. The van der Waals surface area contributed by atoms with Crippen molar-refractivity contribution in [2.75, 3.05) is 10.7 Å². The molecule has 1 atom stereocenters. The Kier molecular flexibility index (Phi) is 7.61. The van der Waals surface area contributed by atoms with Gasteiger partial charge in [0.05, 0.1) is 27.4 Å². The van der Waals surface area contributed by atoms with E-state index in [0.717, 1.165) is 29.2 Å². The van der Waals surface area contributed by atoms with Crippen molar-refractivity contribution < 1.29 is 45.0 Å². The fourth-order valence-corrected chi connectivity index (χ4v) is 5.31. The second kappa shape index (κ2) is 9.88. The maximum Gasteiger partial charge on any atom is 0.573 e. The van der Waals surface area contributed by atoms with Crippen molar-refractivity contribution in [1.82, 2.24) is 5.32 Å². The molecule has 0 bridgehead atoms. The van der Waals surface area contributed by atoms with E-state index >= 15 is 0 Å². The van der Waals surface area contributed by atoms with Gasteiger partial charge in [-0.3, -0.25) is 4.79 Å². The summed E-state index contributed by atoms with van der Waals surface area (Å²) in [5, 5.41) is 2.25. The topological polar surface area (TPSA) is 102 Å². The molecular weight excluding hydrogens is 576 g/mol. The molecule has 3 rings (SSSR count). The van der Waals surface area contributed by atoms with Crippen LogP contribution in [-0.2, 0) is 25.9 Å². The fraction of sp³-hybridized carbons (Fsp3) is 0.364. The van der Waals surface area contributed by atoms with Crippen LogP contribution in [-0.4, -0.2) is 44.2 Å². The van der Waals surface area contributed by atoms with Gasteiger partial charge in [0.1, 0.15) is 23.2 Å². The number of benzene rings is 2. The van der Waals surface area contributed by atoms with Crippen molar-refractivity contribution in [2.45, 2.75) is 50.2 Å². The lowest BCUT2D eigenvalue weighted by Crippen LogP contribution is -2.51. The molecule has 2 aromatic rings. The number of hydrogen-bond donors (Lipinski definition) is 1. The Bertz CT molecular complexity index is 1280. The van der Waals surface area contributed by atoms with E-state index in [-0.39, 0.29) is 16.7 Å². The molecule has 0 fully saturated rings. The van der Waals surface area contributed by atoms with Gasteiger partial charge in [-0.1, -0.05) is 12.1 Å². The van der Waals surface area contributed by atoms with Crippen LogP contribution in [0.25, 0.3) is 0 Å². The van der Waals surface area contributed by atoms with E-state index in [2.05, 4.69) is 26.0 Å². The Morgan fingerprint density at radius 2 is 1.78 bits per heavy atom. The monoisotopic (exact) mass is 596 g/mol. The molecule has 36 heavy (non-hydrogen) atoms. The zero-order valence-electron chi connectivity index (χ0n) is 19.2. The highest BCUT2D eigenvalue weighted by atomic mass is 79.9. The van der Waals surface area contributed by atoms with Crippen molar-refractivity contribution in [2.24, 2.45) is 0 Å². The summed E-state index contributed by atoms with van der Waals surface area (Å²) in [5.41, 5.74) is -0.801. The average molecular weight is 597 g/mol. The number of fused-ring (bicyclic) bond motifs is 1. The summed E-state index contributed by atoms with van der Waals surface area (Å²) >= 11 is 2.98. The molecule has 0 saturated heterocycles. The first kappa shape index (κ1) is 27.7. The van der Waals surface area contributed by atoms with Gasteiger partial charge in [0.25, 0.3) is 5.91 Å². The molecule has 196 valence electrons. The number of amides is 2. The Morgan fingerprint density at radius 1 is 1.17 bits per heavy atom. The van der Waals surface area contributed by atoms with Gasteiger partial charge in [-0.15, -0.1) is 13.2 Å². The maximum atomic E-state index is 14.3. The van der Waals surface area contributed by atoms with Crippen LogP contribution in [0.15, 0.2) is 45.8 Å². The number of ether oxygens (including phenoxy) is 2. The van der Waals surface area contributed by atoms with Crippen LogP contribution in [0.3, 0.4) is 0 Å². The SMILES string of the molecule is CC(C)(C)OC(=O)N[C@H]1CS(=O)(=O)c2cc(F)c(Br)cc2N(Cc2ccc(OC(F)(F)F)cc2)C1=O. The second-order valence-electron chi connectivity index (χ2n) is 8.83. The van der Waals surface area contributed by atoms with E-state index in [0.29, 0.717) is 5.56 Å². The van der Waals surface area contributed by atoms with Crippen molar-refractivity contribution in [3.63, 3.8) is 0 Å². The lowest BCUT2D eigenvalue weighted by molar-refractivity contribution is -0.274. The van der Waals surface area contributed by atoms with Crippen LogP contribution >= 0.6 is 15.9 Å². The third-order valence-corrected chi connectivity index (χ3v) is 7.14. The smallest absolute Gasteiger partial charge is 0.444 e. The van der Waals surface area contributed by atoms with Crippen molar-refractivity contribution >= 4 is 43.5 Å². The van der Waals surface area contributed by atoms with Crippen LogP contribution < -0.4 is 15.0 Å². The standard InChI is InChI=1S/C22H21BrF4N2O6S/c1-21(2,3)35-20(31)28-16-11-36(32,33)18-9-15(24)14(23)8-17(18)29(19(16)30)10-12-4-6-13(7-5-12)34-22(25,26)27/h4-9,16H,10-11H2,1-3H3,(H,28,31)/t16-/m0/s1. The molecule has 2 amide bonds. The summed E-state index contributed by atoms with van der Waals surface area (Å²) in [4.78, 5) is 26.3. The summed E-state index contributed by atoms with van der Waals surface area (Å²) in [6, 6.07) is 4.83. The second-order valence-corrected chi connectivity index (χ2v) is 11.7. The first-order chi connectivity index (χ1) is 16.4. The predicted molar refractivity (Wildman–Crippen MR) is 124 cm³/mol. The summed E-state index contributed by atoms with van der Waals surface area (Å²) in [6.45, 7) is 4.42. The molecular formula is C22H21BrF4N2O6S. The number of carbonyl (C=O) groups excluding carboxylic acids is 2. The van der Waals surface area contributed by atoms with Gasteiger partial charge in [-0.2, -0.15) is 0 Å². The van der Waals surface area contributed by atoms with Crippen LogP contribution in [0, 0.1) is 5.82 Å². The Hall–Kier alpha value is -2.87. The number of carbonyl (C=O) groups is 2. The first-order valence-corrected chi connectivity index (χ1v) is 12.8. The number of rotatable bonds is 4. The minimum Gasteiger partial charge on any atom is -0.444 e. The number of hydrogen-bond acceptors (Lipinski definition) is 6. The van der Waals surface area contributed by atoms with E-state index in [1.54, 1.807) is 20.8 Å². The number of nitrogens with one attached hydrogen (secondary N) is 1. The van der Waals surface area contributed by atoms with Crippen molar-refractivity contribution in [1.29, 1.82) is 0 Å². The van der Waals surface area contributed by atoms with Gasteiger partial charge in [0.2, 0.25) is 0 Å². The van der Waals surface area contributed by atoms with Crippen LogP contribution in [0.5, 0.6) is 5.75 Å². The number of sulfone groups is 1. The molecule has 14 heteroatoms. The van der Waals surface area contributed by atoms with Crippen molar-refractivity contribution in [3.8, 4) is 5.75 Å². The minimum atomic E-state index is -4.90. The lowest BCUT2D eigenvalue weighted by Gasteiger charge is -2.27. The molecule has 1 aliphatic rings. The first-order valence-electron chi connectivity index (χ1n) is 10.3. The molecule has 0 saturated carbocycles. The largest absolute Gasteiger partial charge is 0.573 e. The van der Waals surface area contributed by atoms with Crippen LogP contribution in [0.4, 0.5) is 28.0 Å². The Labute approximate surface area is 212 Å². The highest BCUT2D eigenvalue weighted by molar-refractivity contribution is 9.10. The summed E-state index contributed by atoms with van der Waals surface area (Å²) < 4.78 is 86.7.